The second kappa shape index (κ2) is 8.43. The highest BCUT2D eigenvalue weighted by molar-refractivity contribution is 7.80. The Morgan fingerprint density at radius 1 is 1.04 bits per heavy atom. The van der Waals surface area contributed by atoms with Crippen molar-refractivity contribution in [1.29, 1.82) is 0 Å². The summed E-state index contributed by atoms with van der Waals surface area (Å²) in [7, 11) is 0. The van der Waals surface area contributed by atoms with E-state index in [1.165, 1.54) is 6.42 Å². The van der Waals surface area contributed by atoms with Crippen molar-refractivity contribution >= 4 is 40.5 Å². The molecule has 1 fully saturated rings. The van der Waals surface area contributed by atoms with Crippen LogP contribution in [0.2, 0.25) is 0 Å². The SMILES string of the molecule is CC(C)(C)C(=O)Nc1cccc(NC(=S)NC(=O)C2CCCCC2)c1. The first-order valence-corrected chi connectivity index (χ1v) is 9.20. The van der Waals surface area contributed by atoms with Gasteiger partial charge in [-0.1, -0.05) is 46.1 Å². The molecule has 0 aromatic heterocycles. The van der Waals surface area contributed by atoms with Crippen LogP contribution in [0.4, 0.5) is 11.4 Å². The van der Waals surface area contributed by atoms with Gasteiger partial charge in [0.2, 0.25) is 11.8 Å². The molecule has 1 aliphatic carbocycles. The van der Waals surface area contributed by atoms with Crippen LogP contribution >= 0.6 is 12.2 Å². The molecular formula is C19H27N3O2S. The Morgan fingerprint density at radius 3 is 2.24 bits per heavy atom. The highest BCUT2D eigenvalue weighted by atomic mass is 32.1. The first kappa shape index (κ1) is 19.4. The highest BCUT2D eigenvalue weighted by Crippen LogP contribution is 2.24. The molecule has 1 aromatic rings. The summed E-state index contributed by atoms with van der Waals surface area (Å²) in [5, 5.41) is 8.95. The van der Waals surface area contributed by atoms with Gasteiger partial charge in [0.15, 0.2) is 5.11 Å². The van der Waals surface area contributed by atoms with Crippen LogP contribution in [-0.2, 0) is 9.59 Å². The van der Waals surface area contributed by atoms with Crippen LogP contribution in [0.1, 0.15) is 52.9 Å². The molecule has 0 bridgehead atoms. The van der Waals surface area contributed by atoms with Crippen molar-refractivity contribution in [2.45, 2.75) is 52.9 Å². The van der Waals surface area contributed by atoms with Crippen LogP contribution in [-0.4, -0.2) is 16.9 Å². The van der Waals surface area contributed by atoms with Crippen LogP contribution in [0.25, 0.3) is 0 Å². The van der Waals surface area contributed by atoms with Crippen molar-refractivity contribution in [2.75, 3.05) is 10.6 Å². The minimum atomic E-state index is -0.466. The number of rotatable bonds is 3. The third-order valence-corrected chi connectivity index (χ3v) is 4.48. The maximum absolute atomic E-state index is 12.2. The molecule has 1 aliphatic rings. The zero-order valence-electron chi connectivity index (χ0n) is 15.1. The summed E-state index contributed by atoms with van der Waals surface area (Å²) in [6.07, 6.45) is 5.28. The summed E-state index contributed by atoms with van der Waals surface area (Å²) in [6, 6.07) is 7.28. The number of nitrogens with one attached hydrogen (secondary N) is 3. The first-order chi connectivity index (χ1) is 11.8. The predicted molar refractivity (Wildman–Crippen MR) is 105 cm³/mol. The molecule has 0 unspecified atom stereocenters. The molecule has 6 heteroatoms. The topological polar surface area (TPSA) is 70.2 Å². The zero-order chi connectivity index (χ0) is 18.4. The molecule has 0 saturated heterocycles. The lowest BCUT2D eigenvalue weighted by Gasteiger charge is -2.21. The van der Waals surface area contributed by atoms with E-state index in [1.807, 2.05) is 39.0 Å². The number of anilines is 2. The van der Waals surface area contributed by atoms with Gasteiger partial charge < -0.3 is 16.0 Å². The molecule has 0 radical (unpaired) electrons. The lowest BCUT2D eigenvalue weighted by molar-refractivity contribution is -0.124. The lowest BCUT2D eigenvalue weighted by atomic mass is 9.89. The van der Waals surface area contributed by atoms with Gasteiger partial charge in [-0.25, -0.2) is 0 Å². The largest absolute Gasteiger partial charge is 0.332 e. The quantitative estimate of drug-likeness (QED) is 0.710. The van der Waals surface area contributed by atoms with E-state index in [9.17, 15) is 9.59 Å². The van der Waals surface area contributed by atoms with Crippen LogP contribution in [0.15, 0.2) is 24.3 Å². The smallest absolute Gasteiger partial charge is 0.229 e. The first-order valence-electron chi connectivity index (χ1n) is 8.79. The normalized spacial score (nSPS) is 15.3. The number of thiocarbonyl (C=S) groups is 1. The Bertz CT molecular complexity index is 646. The van der Waals surface area contributed by atoms with Crippen LogP contribution in [0.5, 0.6) is 0 Å². The van der Waals surface area contributed by atoms with E-state index in [0.717, 1.165) is 31.4 Å². The van der Waals surface area contributed by atoms with Crippen molar-refractivity contribution in [1.82, 2.24) is 5.32 Å². The van der Waals surface area contributed by atoms with E-state index in [-0.39, 0.29) is 22.8 Å². The second-order valence-corrected chi connectivity index (χ2v) is 7.97. The maximum atomic E-state index is 12.2. The minimum absolute atomic E-state index is 0.00519. The third-order valence-electron chi connectivity index (χ3n) is 4.27. The molecule has 1 aromatic carbocycles. The molecule has 2 amide bonds. The average Bonchev–Trinajstić information content (AvgIpc) is 2.55. The summed E-state index contributed by atoms with van der Waals surface area (Å²) in [4.78, 5) is 24.3. The summed E-state index contributed by atoms with van der Waals surface area (Å²) >= 11 is 5.24. The summed E-state index contributed by atoms with van der Waals surface area (Å²) in [5.74, 6) is -0.00174. The van der Waals surface area contributed by atoms with Crippen molar-refractivity contribution in [3.63, 3.8) is 0 Å². The fraction of sp³-hybridized carbons (Fsp3) is 0.526. The summed E-state index contributed by atoms with van der Waals surface area (Å²) in [5.41, 5.74) is 0.944. The fourth-order valence-corrected chi connectivity index (χ4v) is 2.95. The minimum Gasteiger partial charge on any atom is -0.332 e. The number of benzene rings is 1. The van der Waals surface area contributed by atoms with E-state index in [1.54, 1.807) is 6.07 Å². The van der Waals surface area contributed by atoms with Gasteiger partial charge in [0.25, 0.3) is 0 Å². The highest BCUT2D eigenvalue weighted by Gasteiger charge is 2.22. The molecule has 1 saturated carbocycles. The molecular weight excluding hydrogens is 334 g/mol. The van der Waals surface area contributed by atoms with E-state index >= 15 is 0 Å². The van der Waals surface area contributed by atoms with Crippen molar-refractivity contribution < 1.29 is 9.59 Å². The van der Waals surface area contributed by atoms with Crippen molar-refractivity contribution in [3.05, 3.63) is 24.3 Å². The molecule has 25 heavy (non-hydrogen) atoms. The Kier molecular flexibility index (Phi) is 6.53. The molecule has 5 nitrogen and oxygen atoms in total. The Labute approximate surface area is 155 Å². The number of amides is 2. The summed E-state index contributed by atoms with van der Waals surface area (Å²) < 4.78 is 0. The molecule has 136 valence electrons. The van der Waals surface area contributed by atoms with E-state index in [2.05, 4.69) is 16.0 Å². The van der Waals surface area contributed by atoms with E-state index in [0.29, 0.717) is 5.69 Å². The van der Waals surface area contributed by atoms with Gasteiger partial charge in [-0.05, 0) is 43.3 Å². The Hall–Kier alpha value is -1.95. The van der Waals surface area contributed by atoms with E-state index in [4.69, 9.17) is 12.2 Å². The van der Waals surface area contributed by atoms with Gasteiger partial charge in [-0.3, -0.25) is 9.59 Å². The Morgan fingerprint density at radius 2 is 1.64 bits per heavy atom. The van der Waals surface area contributed by atoms with Crippen LogP contribution in [0, 0.1) is 11.3 Å². The lowest BCUT2D eigenvalue weighted by Crippen LogP contribution is -2.39. The summed E-state index contributed by atoms with van der Waals surface area (Å²) in [6.45, 7) is 5.58. The molecule has 0 atom stereocenters. The molecule has 0 spiro atoms. The van der Waals surface area contributed by atoms with Gasteiger partial charge in [0, 0.05) is 22.7 Å². The van der Waals surface area contributed by atoms with Crippen LogP contribution in [0.3, 0.4) is 0 Å². The predicted octanol–water partition coefficient (Wildman–Crippen LogP) is 4.06. The molecule has 2 rings (SSSR count). The monoisotopic (exact) mass is 361 g/mol. The van der Waals surface area contributed by atoms with Crippen molar-refractivity contribution in [2.24, 2.45) is 11.3 Å². The van der Waals surface area contributed by atoms with Gasteiger partial charge >= 0.3 is 0 Å². The van der Waals surface area contributed by atoms with E-state index < -0.39 is 5.41 Å². The maximum Gasteiger partial charge on any atom is 0.229 e. The van der Waals surface area contributed by atoms with Gasteiger partial charge in [-0.2, -0.15) is 0 Å². The van der Waals surface area contributed by atoms with Gasteiger partial charge in [0.05, 0.1) is 0 Å². The number of hydrogen-bond donors (Lipinski definition) is 3. The molecule has 3 N–H and O–H groups in total. The zero-order valence-corrected chi connectivity index (χ0v) is 16.0. The number of hydrogen-bond acceptors (Lipinski definition) is 3. The van der Waals surface area contributed by atoms with Gasteiger partial charge in [-0.15, -0.1) is 0 Å². The van der Waals surface area contributed by atoms with Crippen LogP contribution < -0.4 is 16.0 Å². The third kappa shape index (κ3) is 6.12. The number of carbonyl (C=O) groups is 2. The fourth-order valence-electron chi connectivity index (χ4n) is 2.73. The molecule has 0 heterocycles. The standard InChI is InChI=1S/C19H27N3O2S/c1-19(2,3)17(24)20-14-10-7-11-15(12-14)21-18(25)22-16(23)13-8-5-4-6-9-13/h7,10-13H,4-6,8-9H2,1-3H3,(H,20,24)(H2,21,22,23,25). The molecule has 0 aliphatic heterocycles. The van der Waals surface area contributed by atoms with Crippen molar-refractivity contribution in [3.8, 4) is 0 Å². The second-order valence-electron chi connectivity index (χ2n) is 7.56. The Balaban J connectivity index is 1.91. The average molecular weight is 362 g/mol. The van der Waals surface area contributed by atoms with Gasteiger partial charge in [0.1, 0.15) is 0 Å². The number of carbonyl (C=O) groups excluding carboxylic acids is 2.